The van der Waals surface area contributed by atoms with Crippen molar-refractivity contribution >= 4 is 11.8 Å². The van der Waals surface area contributed by atoms with Gasteiger partial charge in [0.25, 0.3) is 0 Å². The summed E-state index contributed by atoms with van der Waals surface area (Å²) in [5, 5.41) is 0. The van der Waals surface area contributed by atoms with Gasteiger partial charge in [0.1, 0.15) is 5.82 Å². The summed E-state index contributed by atoms with van der Waals surface area (Å²) in [4.78, 5) is 34.9. The molecule has 7 nitrogen and oxygen atoms in total. The standard InChI is InChI=1S/C19H31N5O2/c1-21(2)13-14-23-12-8-20-19(23)16-5-3-10-24(15-16)18(26)7-11-22-9-4-6-17(22)25/h8,12,16H,3-7,9-11,13-15H2,1-2H3/t16-/m1/s1. The molecule has 2 aliphatic rings. The second-order valence-corrected chi connectivity index (χ2v) is 7.70. The van der Waals surface area contributed by atoms with Gasteiger partial charge in [0, 0.05) is 70.4 Å². The van der Waals surface area contributed by atoms with E-state index in [2.05, 4.69) is 28.5 Å². The Morgan fingerprint density at radius 2 is 2.12 bits per heavy atom. The van der Waals surface area contributed by atoms with Gasteiger partial charge in [0.15, 0.2) is 0 Å². The summed E-state index contributed by atoms with van der Waals surface area (Å²) in [5.74, 6) is 1.76. The van der Waals surface area contributed by atoms with E-state index in [0.717, 1.165) is 57.8 Å². The van der Waals surface area contributed by atoms with Crippen LogP contribution in [0.15, 0.2) is 12.4 Å². The molecule has 2 amide bonds. The van der Waals surface area contributed by atoms with Crippen LogP contribution >= 0.6 is 0 Å². The molecule has 0 bridgehead atoms. The predicted octanol–water partition coefficient (Wildman–Crippen LogP) is 1.16. The van der Waals surface area contributed by atoms with Crippen molar-refractivity contribution < 1.29 is 9.59 Å². The Morgan fingerprint density at radius 1 is 1.27 bits per heavy atom. The van der Waals surface area contributed by atoms with Gasteiger partial charge in [-0.2, -0.15) is 0 Å². The Kier molecular flexibility index (Phi) is 6.29. The van der Waals surface area contributed by atoms with Gasteiger partial charge in [-0.15, -0.1) is 0 Å². The summed E-state index contributed by atoms with van der Waals surface area (Å²) in [6.45, 7) is 4.83. The zero-order valence-electron chi connectivity index (χ0n) is 16.1. The molecule has 0 aliphatic carbocycles. The molecular formula is C19H31N5O2. The average molecular weight is 361 g/mol. The van der Waals surface area contributed by atoms with E-state index in [0.29, 0.717) is 25.3 Å². The maximum Gasteiger partial charge on any atom is 0.224 e. The first-order chi connectivity index (χ1) is 12.5. The van der Waals surface area contributed by atoms with Crippen molar-refractivity contribution in [2.45, 2.75) is 44.6 Å². The number of amides is 2. The Balaban J connectivity index is 1.54. The number of piperidine rings is 1. The number of likely N-dealkylation sites (N-methyl/N-ethyl adjacent to an activating group) is 1. The molecule has 2 aliphatic heterocycles. The van der Waals surface area contributed by atoms with Gasteiger partial charge in [0.05, 0.1) is 0 Å². The maximum atomic E-state index is 12.6. The first-order valence-electron chi connectivity index (χ1n) is 9.76. The number of likely N-dealkylation sites (tertiary alicyclic amines) is 2. The van der Waals surface area contributed by atoms with Gasteiger partial charge in [0.2, 0.25) is 11.8 Å². The molecule has 0 spiro atoms. The quantitative estimate of drug-likeness (QED) is 0.731. The summed E-state index contributed by atoms with van der Waals surface area (Å²) >= 11 is 0. The van der Waals surface area contributed by atoms with Crippen LogP contribution in [0.2, 0.25) is 0 Å². The number of carbonyl (C=O) groups is 2. The average Bonchev–Trinajstić information content (AvgIpc) is 3.26. The third kappa shape index (κ3) is 4.63. The van der Waals surface area contributed by atoms with E-state index in [1.54, 1.807) is 0 Å². The zero-order chi connectivity index (χ0) is 18.5. The van der Waals surface area contributed by atoms with Crippen LogP contribution in [0.3, 0.4) is 0 Å². The summed E-state index contributed by atoms with van der Waals surface area (Å²) in [6, 6.07) is 0. The SMILES string of the molecule is CN(C)CCn1ccnc1[C@@H]1CCCN(C(=O)CCN2CCCC2=O)C1. The Hall–Kier alpha value is -1.89. The summed E-state index contributed by atoms with van der Waals surface area (Å²) in [5.41, 5.74) is 0. The van der Waals surface area contributed by atoms with Gasteiger partial charge < -0.3 is 19.3 Å². The fourth-order valence-electron chi connectivity index (χ4n) is 3.92. The molecule has 0 saturated carbocycles. The number of rotatable bonds is 7. The van der Waals surface area contributed by atoms with Crippen molar-refractivity contribution in [3.05, 3.63) is 18.2 Å². The highest BCUT2D eigenvalue weighted by Crippen LogP contribution is 2.26. The lowest BCUT2D eigenvalue weighted by Crippen LogP contribution is -2.41. The topological polar surface area (TPSA) is 61.7 Å². The Labute approximate surface area is 156 Å². The highest BCUT2D eigenvalue weighted by atomic mass is 16.2. The van der Waals surface area contributed by atoms with E-state index in [4.69, 9.17) is 0 Å². The second-order valence-electron chi connectivity index (χ2n) is 7.70. The molecule has 3 rings (SSSR count). The molecule has 0 aromatic carbocycles. The number of imidazole rings is 1. The molecule has 144 valence electrons. The van der Waals surface area contributed by atoms with Crippen molar-refractivity contribution in [3.63, 3.8) is 0 Å². The minimum atomic E-state index is 0.167. The first-order valence-corrected chi connectivity index (χ1v) is 9.76. The van der Waals surface area contributed by atoms with Crippen LogP contribution in [0, 0.1) is 0 Å². The van der Waals surface area contributed by atoms with E-state index in [9.17, 15) is 9.59 Å². The smallest absolute Gasteiger partial charge is 0.224 e. The van der Waals surface area contributed by atoms with Crippen molar-refractivity contribution in [3.8, 4) is 0 Å². The van der Waals surface area contributed by atoms with E-state index in [1.165, 1.54) is 0 Å². The molecule has 0 N–H and O–H groups in total. The normalized spacial score (nSPS) is 21.0. The Bertz CT molecular complexity index is 627. The van der Waals surface area contributed by atoms with E-state index >= 15 is 0 Å². The van der Waals surface area contributed by atoms with Crippen LogP contribution in [-0.2, 0) is 16.1 Å². The highest BCUT2D eigenvalue weighted by molar-refractivity contribution is 5.80. The van der Waals surface area contributed by atoms with E-state index in [1.807, 2.05) is 22.2 Å². The molecule has 0 radical (unpaired) electrons. The molecular weight excluding hydrogens is 330 g/mol. The van der Waals surface area contributed by atoms with Gasteiger partial charge in [-0.3, -0.25) is 9.59 Å². The number of aromatic nitrogens is 2. The number of nitrogens with zero attached hydrogens (tertiary/aromatic N) is 5. The lowest BCUT2D eigenvalue weighted by Gasteiger charge is -2.33. The van der Waals surface area contributed by atoms with Crippen LogP contribution in [-0.4, -0.2) is 82.9 Å². The minimum Gasteiger partial charge on any atom is -0.342 e. The lowest BCUT2D eigenvalue weighted by atomic mass is 9.96. The van der Waals surface area contributed by atoms with Crippen LogP contribution < -0.4 is 0 Å². The van der Waals surface area contributed by atoms with Crippen molar-refractivity contribution in [1.29, 1.82) is 0 Å². The van der Waals surface area contributed by atoms with Crippen LogP contribution in [0.4, 0.5) is 0 Å². The fraction of sp³-hybridized carbons (Fsp3) is 0.737. The molecule has 1 aromatic rings. The third-order valence-electron chi connectivity index (χ3n) is 5.44. The van der Waals surface area contributed by atoms with Gasteiger partial charge in [-0.05, 0) is 33.4 Å². The number of hydrogen-bond donors (Lipinski definition) is 0. The first kappa shape index (κ1) is 18.9. The molecule has 0 unspecified atom stereocenters. The van der Waals surface area contributed by atoms with Crippen LogP contribution in [0.5, 0.6) is 0 Å². The monoisotopic (exact) mass is 361 g/mol. The van der Waals surface area contributed by atoms with Crippen molar-refractivity contribution in [2.75, 3.05) is 46.8 Å². The van der Waals surface area contributed by atoms with Crippen LogP contribution in [0.1, 0.15) is 43.8 Å². The molecule has 1 aromatic heterocycles. The van der Waals surface area contributed by atoms with E-state index < -0.39 is 0 Å². The third-order valence-corrected chi connectivity index (χ3v) is 5.44. The maximum absolute atomic E-state index is 12.6. The van der Waals surface area contributed by atoms with E-state index in [-0.39, 0.29) is 11.8 Å². The fourth-order valence-corrected chi connectivity index (χ4v) is 3.92. The highest BCUT2D eigenvalue weighted by Gasteiger charge is 2.28. The Morgan fingerprint density at radius 3 is 2.85 bits per heavy atom. The van der Waals surface area contributed by atoms with Crippen molar-refractivity contribution in [1.82, 2.24) is 24.3 Å². The summed E-state index contributed by atoms with van der Waals surface area (Å²) < 4.78 is 2.22. The van der Waals surface area contributed by atoms with Gasteiger partial charge in [-0.25, -0.2) is 4.98 Å². The van der Waals surface area contributed by atoms with Gasteiger partial charge >= 0.3 is 0 Å². The number of hydrogen-bond acceptors (Lipinski definition) is 4. The number of carbonyl (C=O) groups excluding carboxylic acids is 2. The molecule has 3 heterocycles. The predicted molar refractivity (Wildman–Crippen MR) is 99.8 cm³/mol. The second kappa shape index (κ2) is 8.66. The van der Waals surface area contributed by atoms with Crippen LogP contribution in [0.25, 0.3) is 0 Å². The molecule has 1 atom stereocenters. The van der Waals surface area contributed by atoms with Crippen molar-refractivity contribution in [2.24, 2.45) is 0 Å². The minimum absolute atomic E-state index is 0.167. The molecule has 26 heavy (non-hydrogen) atoms. The largest absolute Gasteiger partial charge is 0.342 e. The zero-order valence-corrected chi connectivity index (χ0v) is 16.1. The lowest BCUT2D eigenvalue weighted by molar-refractivity contribution is -0.133. The molecule has 7 heteroatoms. The molecule has 2 saturated heterocycles. The summed E-state index contributed by atoms with van der Waals surface area (Å²) in [7, 11) is 4.14. The molecule has 2 fully saturated rings. The van der Waals surface area contributed by atoms with Gasteiger partial charge in [-0.1, -0.05) is 0 Å². The summed E-state index contributed by atoms with van der Waals surface area (Å²) in [6.07, 6.45) is 7.99.